The molecule has 8 nitrogen and oxygen atoms in total. The van der Waals surface area contributed by atoms with Gasteiger partial charge in [-0.1, -0.05) is 36.4 Å². The number of carbonyl (C=O) groups excluding carboxylic acids is 1. The molecule has 0 aliphatic carbocycles. The van der Waals surface area contributed by atoms with Gasteiger partial charge in [0, 0.05) is 12.1 Å². The fourth-order valence-corrected chi connectivity index (χ4v) is 5.23. The van der Waals surface area contributed by atoms with Crippen LogP contribution in [-0.2, 0) is 16.1 Å². The average molecular weight is 521 g/mol. The predicted molar refractivity (Wildman–Crippen MR) is 143 cm³/mol. The first-order chi connectivity index (χ1) is 18.1. The van der Waals surface area contributed by atoms with Crippen molar-refractivity contribution >= 4 is 17.6 Å². The van der Waals surface area contributed by atoms with Crippen LogP contribution in [0.1, 0.15) is 39.7 Å². The minimum atomic E-state index is -0.672. The summed E-state index contributed by atoms with van der Waals surface area (Å²) in [6.45, 7) is 9.09. The van der Waals surface area contributed by atoms with E-state index in [1.807, 2.05) is 57.2 Å². The van der Waals surface area contributed by atoms with Crippen LogP contribution in [0.5, 0.6) is 5.75 Å². The van der Waals surface area contributed by atoms with E-state index in [1.165, 1.54) is 13.2 Å². The molecule has 2 aliphatic rings. The maximum Gasteiger partial charge on any atom is 0.416 e. The van der Waals surface area contributed by atoms with Crippen LogP contribution in [0.4, 0.5) is 20.7 Å². The van der Waals surface area contributed by atoms with Gasteiger partial charge in [-0.05, 0) is 57.9 Å². The first-order valence-corrected chi connectivity index (χ1v) is 12.7. The van der Waals surface area contributed by atoms with Crippen molar-refractivity contribution in [3.63, 3.8) is 0 Å². The standard InChI is InChI=1S/C29H33FN4O4/c1-28(2,3)38-27(35)33-18-29(4)15-20(37-17-19-10-7-6-8-11-19)16-34(29)24-14-23(31-32-26(24)33)21-12-9-13-22(30)25(21)36-5/h6-14,20H,15-18H2,1-5H3. The highest BCUT2D eigenvalue weighted by Crippen LogP contribution is 2.46. The number of carbonyl (C=O) groups is 1. The van der Waals surface area contributed by atoms with Crippen LogP contribution in [0.15, 0.2) is 54.6 Å². The zero-order valence-corrected chi connectivity index (χ0v) is 22.4. The SMILES string of the molecule is COc1c(F)cccc1-c1cc2c(nn1)N(C(=O)OC(C)(C)C)CC1(C)CC(OCc3ccccc3)CN21. The number of amides is 1. The molecule has 2 aromatic carbocycles. The molecule has 1 fully saturated rings. The summed E-state index contributed by atoms with van der Waals surface area (Å²) in [6, 6.07) is 16.6. The van der Waals surface area contributed by atoms with E-state index in [0.717, 1.165) is 5.56 Å². The summed E-state index contributed by atoms with van der Waals surface area (Å²) in [6.07, 6.45) is 0.158. The monoisotopic (exact) mass is 520 g/mol. The fourth-order valence-electron chi connectivity index (χ4n) is 5.23. The Morgan fingerprint density at radius 1 is 1.13 bits per heavy atom. The molecule has 3 heterocycles. The molecule has 5 rings (SSSR count). The Morgan fingerprint density at radius 3 is 2.61 bits per heavy atom. The van der Waals surface area contributed by atoms with E-state index in [-0.39, 0.29) is 11.9 Å². The lowest BCUT2D eigenvalue weighted by Crippen LogP contribution is -2.57. The van der Waals surface area contributed by atoms with Gasteiger partial charge in [0.1, 0.15) is 5.60 Å². The smallest absolute Gasteiger partial charge is 0.416 e. The third-order valence-electron chi connectivity index (χ3n) is 6.89. The van der Waals surface area contributed by atoms with E-state index in [2.05, 4.69) is 22.0 Å². The van der Waals surface area contributed by atoms with Crippen molar-refractivity contribution in [2.45, 2.75) is 58.0 Å². The number of fused-ring (bicyclic) bond motifs is 3. The number of nitrogens with zero attached hydrogens (tertiary/aromatic N) is 4. The Hall–Kier alpha value is -3.72. The summed E-state index contributed by atoms with van der Waals surface area (Å²) in [7, 11) is 1.42. The van der Waals surface area contributed by atoms with E-state index in [0.29, 0.717) is 48.9 Å². The Balaban J connectivity index is 1.52. The summed E-state index contributed by atoms with van der Waals surface area (Å²) in [5.41, 5.74) is 1.64. The van der Waals surface area contributed by atoms with E-state index >= 15 is 0 Å². The molecule has 1 aromatic heterocycles. The molecule has 200 valence electrons. The third kappa shape index (κ3) is 5.03. The van der Waals surface area contributed by atoms with Gasteiger partial charge < -0.3 is 19.1 Å². The lowest BCUT2D eigenvalue weighted by atomic mass is 9.94. The molecular formula is C29H33FN4O4. The first kappa shape index (κ1) is 25.9. The number of hydrogen-bond acceptors (Lipinski definition) is 7. The predicted octanol–water partition coefficient (Wildman–Crippen LogP) is 5.60. The number of hydrogen-bond donors (Lipinski definition) is 0. The van der Waals surface area contributed by atoms with Gasteiger partial charge in [0.15, 0.2) is 17.4 Å². The second-order valence-corrected chi connectivity index (χ2v) is 11.1. The van der Waals surface area contributed by atoms with Crippen LogP contribution in [0.3, 0.4) is 0 Å². The molecule has 2 atom stereocenters. The number of methoxy groups -OCH3 is 1. The maximum atomic E-state index is 14.5. The largest absolute Gasteiger partial charge is 0.493 e. The van der Waals surface area contributed by atoms with Crippen LogP contribution < -0.4 is 14.5 Å². The van der Waals surface area contributed by atoms with Crippen molar-refractivity contribution in [3.05, 3.63) is 66.0 Å². The summed E-state index contributed by atoms with van der Waals surface area (Å²) < 4.78 is 31.9. The molecule has 0 saturated carbocycles. The topological polar surface area (TPSA) is 77.0 Å². The van der Waals surface area contributed by atoms with E-state index < -0.39 is 23.1 Å². The molecule has 2 aliphatic heterocycles. The number of anilines is 2. The van der Waals surface area contributed by atoms with E-state index in [4.69, 9.17) is 14.2 Å². The van der Waals surface area contributed by atoms with Gasteiger partial charge in [-0.3, -0.25) is 4.90 Å². The lowest BCUT2D eigenvalue weighted by Gasteiger charge is -2.45. The highest BCUT2D eigenvalue weighted by molar-refractivity contribution is 5.93. The summed E-state index contributed by atoms with van der Waals surface area (Å²) in [4.78, 5) is 17.1. The lowest BCUT2D eigenvalue weighted by molar-refractivity contribution is 0.0484. The number of benzene rings is 2. The minimum absolute atomic E-state index is 0.0630. The Morgan fingerprint density at radius 2 is 1.89 bits per heavy atom. The van der Waals surface area contributed by atoms with Crippen molar-refractivity contribution in [2.24, 2.45) is 0 Å². The van der Waals surface area contributed by atoms with Crippen LogP contribution >= 0.6 is 0 Å². The van der Waals surface area contributed by atoms with Crippen molar-refractivity contribution in [1.82, 2.24) is 10.2 Å². The molecule has 1 amide bonds. The molecule has 1 saturated heterocycles. The molecule has 0 N–H and O–H groups in total. The van der Waals surface area contributed by atoms with Crippen molar-refractivity contribution < 1.29 is 23.4 Å². The second kappa shape index (κ2) is 9.87. The summed E-state index contributed by atoms with van der Waals surface area (Å²) in [5, 5.41) is 8.83. The number of ether oxygens (including phenoxy) is 3. The number of para-hydroxylation sites is 1. The van der Waals surface area contributed by atoms with Crippen molar-refractivity contribution in [2.75, 3.05) is 30.0 Å². The van der Waals surface area contributed by atoms with E-state index in [1.54, 1.807) is 17.0 Å². The van der Waals surface area contributed by atoms with Gasteiger partial charge >= 0.3 is 6.09 Å². The number of aromatic nitrogens is 2. The maximum absolute atomic E-state index is 14.5. The summed E-state index contributed by atoms with van der Waals surface area (Å²) in [5.74, 6) is 0.00894. The van der Waals surface area contributed by atoms with Gasteiger partial charge in [-0.15, -0.1) is 10.2 Å². The molecule has 2 unspecified atom stereocenters. The molecule has 9 heteroatoms. The molecule has 38 heavy (non-hydrogen) atoms. The molecule has 0 spiro atoms. The zero-order chi connectivity index (χ0) is 27.1. The van der Waals surface area contributed by atoms with Crippen molar-refractivity contribution in [3.8, 4) is 17.0 Å². The molecule has 0 radical (unpaired) electrons. The number of halogens is 1. The second-order valence-electron chi connectivity index (χ2n) is 11.1. The third-order valence-corrected chi connectivity index (χ3v) is 6.89. The van der Waals surface area contributed by atoms with Crippen LogP contribution in [-0.4, -0.2) is 53.7 Å². The Kier molecular flexibility index (Phi) is 6.73. The van der Waals surface area contributed by atoms with Gasteiger partial charge in [0.05, 0.1) is 43.3 Å². The van der Waals surface area contributed by atoms with Gasteiger partial charge in [0.25, 0.3) is 0 Å². The highest BCUT2D eigenvalue weighted by atomic mass is 19.1. The van der Waals surface area contributed by atoms with Crippen molar-refractivity contribution in [1.29, 1.82) is 0 Å². The van der Waals surface area contributed by atoms with Gasteiger partial charge in [-0.2, -0.15) is 0 Å². The summed E-state index contributed by atoms with van der Waals surface area (Å²) >= 11 is 0. The number of rotatable bonds is 5. The molecule has 0 bridgehead atoms. The zero-order valence-electron chi connectivity index (χ0n) is 22.4. The Labute approximate surface area is 222 Å². The molecule has 3 aromatic rings. The normalized spacial score (nSPS) is 20.6. The quantitative estimate of drug-likeness (QED) is 0.433. The van der Waals surface area contributed by atoms with Gasteiger partial charge in [-0.25, -0.2) is 9.18 Å². The fraction of sp³-hybridized carbons (Fsp3) is 0.414. The highest BCUT2D eigenvalue weighted by Gasteiger charge is 2.50. The van der Waals surface area contributed by atoms with Crippen LogP contribution in [0, 0.1) is 5.82 Å². The van der Waals surface area contributed by atoms with Crippen LogP contribution in [0.2, 0.25) is 0 Å². The Bertz CT molecular complexity index is 1330. The molecular weight excluding hydrogens is 487 g/mol. The van der Waals surface area contributed by atoms with Crippen LogP contribution in [0.25, 0.3) is 11.3 Å². The minimum Gasteiger partial charge on any atom is -0.493 e. The first-order valence-electron chi connectivity index (χ1n) is 12.7. The van der Waals surface area contributed by atoms with E-state index in [9.17, 15) is 9.18 Å². The average Bonchev–Trinajstić information content (AvgIpc) is 3.23. The van der Waals surface area contributed by atoms with Gasteiger partial charge in [0.2, 0.25) is 0 Å².